The van der Waals surface area contributed by atoms with Gasteiger partial charge in [-0.05, 0) is 31.0 Å². The summed E-state index contributed by atoms with van der Waals surface area (Å²) in [5.74, 6) is 1.36. The van der Waals surface area contributed by atoms with Gasteiger partial charge in [0.15, 0.2) is 0 Å². The van der Waals surface area contributed by atoms with Gasteiger partial charge in [-0.15, -0.1) is 5.10 Å². The first kappa shape index (κ1) is 23.5. The lowest BCUT2D eigenvalue weighted by molar-refractivity contribution is -0.116. The molecule has 1 unspecified atom stereocenters. The van der Waals surface area contributed by atoms with E-state index in [2.05, 4.69) is 25.7 Å². The number of pyridine rings is 1. The maximum absolute atomic E-state index is 13.2. The van der Waals surface area contributed by atoms with Gasteiger partial charge < -0.3 is 24.7 Å². The Kier molecular flexibility index (Phi) is 6.01. The summed E-state index contributed by atoms with van der Waals surface area (Å²) in [6.45, 7) is 2.78. The molecule has 39 heavy (non-hydrogen) atoms. The van der Waals surface area contributed by atoms with Crippen LogP contribution in [0, 0.1) is 0 Å². The van der Waals surface area contributed by atoms with Crippen LogP contribution in [0.2, 0.25) is 0 Å². The number of fused-ring (bicyclic) bond motifs is 1. The van der Waals surface area contributed by atoms with E-state index in [0.29, 0.717) is 36.4 Å². The fourth-order valence-electron chi connectivity index (χ4n) is 4.94. The number of nitrogens with zero attached hydrogens (tertiary/aromatic N) is 5. The molecule has 3 aliphatic rings. The zero-order valence-corrected chi connectivity index (χ0v) is 21.2. The zero-order valence-electron chi connectivity index (χ0n) is 21.2. The molecular formula is C29H27N7O3. The summed E-state index contributed by atoms with van der Waals surface area (Å²) in [5, 5.41) is 14.5. The van der Waals surface area contributed by atoms with Crippen LogP contribution in [0.5, 0.6) is 0 Å². The number of hydrogen-bond acceptors (Lipinski definition) is 9. The quantitative estimate of drug-likeness (QED) is 0.390. The number of ether oxygens (including phenoxy) is 1. The number of nitrogens with one attached hydrogen (secondary N) is 2. The molecule has 4 heterocycles. The first-order valence-corrected chi connectivity index (χ1v) is 13.2. The van der Waals surface area contributed by atoms with Gasteiger partial charge in [-0.25, -0.2) is 9.98 Å². The van der Waals surface area contributed by atoms with Gasteiger partial charge in [0, 0.05) is 35.8 Å². The molecule has 0 spiro atoms. The summed E-state index contributed by atoms with van der Waals surface area (Å²) in [5.41, 5.74) is 4.97. The molecule has 1 amide bonds. The number of amides is 1. The Bertz CT molecular complexity index is 1540. The van der Waals surface area contributed by atoms with Crippen molar-refractivity contribution in [1.29, 1.82) is 0 Å². The number of carbonyl (C=O) groups is 1. The molecule has 7 rings (SSSR count). The van der Waals surface area contributed by atoms with Crippen molar-refractivity contribution in [2.45, 2.75) is 24.9 Å². The maximum Gasteiger partial charge on any atom is 0.317 e. The van der Waals surface area contributed by atoms with E-state index in [0.717, 1.165) is 41.3 Å². The van der Waals surface area contributed by atoms with Crippen molar-refractivity contribution < 1.29 is 13.9 Å². The number of morpholine rings is 1. The van der Waals surface area contributed by atoms with Gasteiger partial charge in [0.05, 0.1) is 30.2 Å². The minimum atomic E-state index is -0.977. The lowest BCUT2D eigenvalue weighted by Crippen LogP contribution is -2.37. The minimum absolute atomic E-state index is 0.103. The number of aromatic nitrogens is 3. The molecule has 2 aliphatic heterocycles. The largest absolute Gasteiger partial charge is 0.403 e. The zero-order chi connectivity index (χ0) is 26.2. The van der Waals surface area contributed by atoms with E-state index in [-0.39, 0.29) is 11.9 Å². The second-order valence-corrected chi connectivity index (χ2v) is 9.82. The van der Waals surface area contributed by atoms with E-state index in [9.17, 15) is 4.79 Å². The molecule has 1 aliphatic carbocycles. The van der Waals surface area contributed by atoms with Crippen molar-refractivity contribution in [3.05, 3.63) is 83.6 Å². The fourth-order valence-corrected chi connectivity index (χ4v) is 4.94. The average molecular weight is 522 g/mol. The standard InChI is InChI=1S/C29H27N7O3/c37-27-25(32-24(19-6-2-1-3-7-19)20-8-4-5-9-23(20)31-27)33-29-35-34-28(39-29)21-12-13-22(18-10-11-18)30-26(21)36-14-16-38-17-15-36/h1-9,12-13,18,25H,10-11,14-17H2,(H,31,37)(H,33,35). The van der Waals surface area contributed by atoms with Crippen LogP contribution in [0.4, 0.5) is 17.5 Å². The summed E-state index contributed by atoms with van der Waals surface area (Å²) >= 11 is 0. The van der Waals surface area contributed by atoms with Crippen LogP contribution in [0.15, 0.2) is 76.1 Å². The summed E-state index contributed by atoms with van der Waals surface area (Å²) in [7, 11) is 0. The summed E-state index contributed by atoms with van der Waals surface area (Å²) in [6, 6.07) is 21.6. The third-order valence-corrected chi connectivity index (χ3v) is 7.11. The molecule has 196 valence electrons. The third kappa shape index (κ3) is 4.74. The first-order valence-electron chi connectivity index (χ1n) is 13.2. The van der Waals surface area contributed by atoms with Crippen LogP contribution in [0.25, 0.3) is 11.5 Å². The molecule has 2 fully saturated rings. The van der Waals surface area contributed by atoms with E-state index >= 15 is 0 Å². The van der Waals surface area contributed by atoms with Crippen LogP contribution in [-0.4, -0.2) is 59.3 Å². The monoisotopic (exact) mass is 521 g/mol. The van der Waals surface area contributed by atoms with Crippen LogP contribution in [0.1, 0.15) is 35.6 Å². The summed E-state index contributed by atoms with van der Waals surface area (Å²) in [4.78, 5) is 25.2. The average Bonchev–Trinajstić information content (AvgIpc) is 3.76. The van der Waals surface area contributed by atoms with Gasteiger partial charge in [0.1, 0.15) is 5.82 Å². The Morgan fingerprint density at radius 2 is 1.69 bits per heavy atom. The molecule has 0 radical (unpaired) electrons. The van der Waals surface area contributed by atoms with E-state index in [1.54, 1.807) is 0 Å². The number of carbonyl (C=O) groups excluding carboxylic acids is 1. The van der Waals surface area contributed by atoms with E-state index in [4.69, 9.17) is 19.1 Å². The Morgan fingerprint density at radius 3 is 2.51 bits per heavy atom. The first-order chi connectivity index (χ1) is 19.2. The van der Waals surface area contributed by atoms with Crippen molar-refractivity contribution in [3.63, 3.8) is 0 Å². The topological polar surface area (TPSA) is 118 Å². The molecule has 1 atom stereocenters. The van der Waals surface area contributed by atoms with Crippen LogP contribution in [0.3, 0.4) is 0 Å². The predicted octanol–water partition coefficient (Wildman–Crippen LogP) is 4.07. The van der Waals surface area contributed by atoms with Gasteiger partial charge in [0.2, 0.25) is 6.17 Å². The molecule has 2 aromatic carbocycles. The molecule has 10 nitrogen and oxygen atoms in total. The van der Waals surface area contributed by atoms with Crippen molar-refractivity contribution in [1.82, 2.24) is 15.2 Å². The Labute approximate surface area is 225 Å². The van der Waals surface area contributed by atoms with Gasteiger partial charge in [-0.1, -0.05) is 53.6 Å². The molecule has 4 aromatic rings. The van der Waals surface area contributed by atoms with Gasteiger partial charge in [-0.2, -0.15) is 0 Å². The van der Waals surface area contributed by atoms with Crippen LogP contribution < -0.4 is 15.5 Å². The molecule has 0 bridgehead atoms. The highest BCUT2D eigenvalue weighted by Crippen LogP contribution is 2.41. The maximum atomic E-state index is 13.2. The van der Waals surface area contributed by atoms with Gasteiger partial charge in [-0.3, -0.25) is 4.79 Å². The number of anilines is 3. The number of aliphatic imine (C=N–C) groups is 1. The highest BCUT2D eigenvalue weighted by atomic mass is 16.5. The lowest BCUT2D eigenvalue weighted by atomic mass is 10.0. The number of rotatable bonds is 6. The Balaban J connectivity index is 1.21. The molecule has 1 saturated heterocycles. The predicted molar refractivity (Wildman–Crippen MR) is 147 cm³/mol. The smallest absolute Gasteiger partial charge is 0.317 e. The van der Waals surface area contributed by atoms with Crippen molar-refractivity contribution in [2.24, 2.45) is 4.99 Å². The summed E-state index contributed by atoms with van der Waals surface area (Å²) < 4.78 is 11.6. The van der Waals surface area contributed by atoms with Gasteiger partial charge in [0.25, 0.3) is 11.8 Å². The number of benzodiazepines with no additional fused rings is 1. The molecular weight excluding hydrogens is 494 g/mol. The molecule has 2 aromatic heterocycles. The molecule has 1 saturated carbocycles. The highest BCUT2D eigenvalue weighted by Gasteiger charge is 2.30. The second-order valence-electron chi connectivity index (χ2n) is 9.82. The molecule has 2 N–H and O–H groups in total. The Morgan fingerprint density at radius 1 is 0.897 bits per heavy atom. The second kappa shape index (κ2) is 9.95. The highest BCUT2D eigenvalue weighted by molar-refractivity contribution is 6.19. The van der Waals surface area contributed by atoms with E-state index in [1.807, 2.05) is 66.7 Å². The SMILES string of the molecule is O=C1Nc2ccccc2C(c2ccccc2)=NC1Nc1nnc(-c2ccc(C3CC3)nc2N2CCOCC2)o1. The van der Waals surface area contributed by atoms with Crippen LogP contribution in [-0.2, 0) is 9.53 Å². The molecule has 10 heteroatoms. The van der Waals surface area contributed by atoms with Gasteiger partial charge >= 0.3 is 6.01 Å². The lowest BCUT2D eigenvalue weighted by Gasteiger charge is -2.29. The van der Waals surface area contributed by atoms with E-state index < -0.39 is 6.17 Å². The minimum Gasteiger partial charge on any atom is -0.403 e. The van der Waals surface area contributed by atoms with Crippen LogP contribution >= 0.6 is 0 Å². The number of para-hydroxylation sites is 1. The Hall–Kier alpha value is -4.57. The third-order valence-electron chi connectivity index (χ3n) is 7.11. The van der Waals surface area contributed by atoms with Crippen molar-refractivity contribution in [2.75, 3.05) is 41.8 Å². The van der Waals surface area contributed by atoms with E-state index in [1.165, 1.54) is 12.8 Å². The normalized spacial score (nSPS) is 19.1. The van der Waals surface area contributed by atoms with Crippen molar-refractivity contribution >= 4 is 29.1 Å². The fraction of sp³-hybridized carbons (Fsp3) is 0.276. The van der Waals surface area contributed by atoms with Crippen molar-refractivity contribution in [3.8, 4) is 11.5 Å². The summed E-state index contributed by atoms with van der Waals surface area (Å²) in [6.07, 6.45) is 1.36. The number of hydrogen-bond donors (Lipinski definition) is 2. The number of benzene rings is 2.